The van der Waals surface area contributed by atoms with Gasteiger partial charge in [0.25, 0.3) is 5.91 Å². The molecule has 124 valence electrons. The number of hydrogen-bond donors (Lipinski definition) is 1. The first-order valence-electron chi connectivity index (χ1n) is 7.68. The Morgan fingerprint density at radius 2 is 1.80 bits per heavy atom. The third kappa shape index (κ3) is 3.12. The number of rotatable bonds is 2. The average molecular weight is 475 g/mol. The number of thiophene rings is 1. The molecule has 4 rings (SSSR count). The Morgan fingerprint density at radius 1 is 1.04 bits per heavy atom. The van der Waals surface area contributed by atoms with Gasteiger partial charge in [0.05, 0.1) is 0 Å². The number of fused-ring (bicyclic) bond motifs is 1. The van der Waals surface area contributed by atoms with Crippen LogP contribution >= 0.6 is 43.2 Å². The lowest BCUT2D eigenvalue weighted by molar-refractivity contribution is -0.110. The van der Waals surface area contributed by atoms with Gasteiger partial charge in [0.15, 0.2) is 0 Å². The van der Waals surface area contributed by atoms with E-state index in [2.05, 4.69) is 60.1 Å². The Labute approximate surface area is 166 Å². The molecule has 1 amide bonds. The minimum atomic E-state index is -0.0645. The Morgan fingerprint density at radius 3 is 2.48 bits per heavy atom. The number of anilines is 1. The summed E-state index contributed by atoms with van der Waals surface area (Å²) in [4.78, 5) is 12.5. The highest BCUT2D eigenvalue weighted by Gasteiger charge is 2.24. The predicted molar refractivity (Wildman–Crippen MR) is 113 cm³/mol. The molecular formula is C20H13Br2NOS. The largest absolute Gasteiger partial charge is 0.321 e. The Hall–Kier alpha value is -1.69. The zero-order valence-corrected chi connectivity index (χ0v) is 17.3. The number of amides is 1. The molecular weight excluding hydrogens is 462 g/mol. The molecule has 1 aliphatic heterocycles. The molecule has 0 atom stereocenters. The van der Waals surface area contributed by atoms with Crippen molar-refractivity contribution in [1.29, 1.82) is 0 Å². The van der Waals surface area contributed by atoms with E-state index in [1.807, 2.05) is 37.3 Å². The molecule has 0 fully saturated rings. The standard InChI is InChI=1S/C20H13Br2NOS/c1-11-17(21)7-12(8-18(11)22)6-16-15-9-13(14-4-5-25-10-14)2-3-19(15)23-20(16)24/h2-10H,1H3,(H,23,24)/b16-6-. The summed E-state index contributed by atoms with van der Waals surface area (Å²) in [6, 6.07) is 12.3. The number of benzene rings is 2. The molecule has 0 saturated heterocycles. The van der Waals surface area contributed by atoms with Crippen LogP contribution in [0, 0.1) is 6.92 Å². The first-order valence-corrected chi connectivity index (χ1v) is 10.2. The maximum Gasteiger partial charge on any atom is 0.256 e. The summed E-state index contributed by atoms with van der Waals surface area (Å²) < 4.78 is 2.03. The normalized spacial score (nSPS) is 14.7. The lowest BCUT2D eigenvalue weighted by atomic mass is 9.99. The molecule has 1 aliphatic rings. The van der Waals surface area contributed by atoms with Gasteiger partial charge in [0, 0.05) is 25.8 Å². The van der Waals surface area contributed by atoms with Crippen LogP contribution in [0.3, 0.4) is 0 Å². The molecule has 0 unspecified atom stereocenters. The van der Waals surface area contributed by atoms with E-state index in [1.165, 1.54) is 5.56 Å². The minimum Gasteiger partial charge on any atom is -0.321 e. The van der Waals surface area contributed by atoms with Gasteiger partial charge in [-0.1, -0.05) is 37.9 Å². The molecule has 3 aromatic rings. The zero-order valence-electron chi connectivity index (χ0n) is 13.3. The smallest absolute Gasteiger partial charge is 0.256 e. The van der Waals surface area contributed by atoms with Gasteiger partial charge >= 0.3 is 0 Å². The second-order valence-corrected chi connectivity index (χ2v) is 8.38. The van der Waals surface area contributed by atoms with Crippen LogP contribution in [0.1, 0.15) is 16.7 Å². The second-order valence-electron chi connectivity index (χ2n) is 5.89. The van der Waals surface area contributed by atoms with Gasteiger partial charge in [-0.2, -0.15) is 11.3 Å². The number of carbonyl (C=O) groups excluding carboxylic acids is 1. The lowest BCUT2D eigenvalue weighted by Gasteiger charge is -2.06. The van der Waals surface area contributed by atoms with Gasteiger partial charge < -0.3 is 5.32 Å². The number of carbonyl (C=O) groups is 1. The van der Waals surface area contributed by atoms with Crippen molar-refractivity contribution in [3.05, 3.63) is 72.8 Å². The van der Waals surface area contributed by atoms with Crippen molar-refractivity contribution in [1.82, 2.24) is 0 Å². The fourth-order valence-electron chi connectivity index (χ4n) is 2.85. The summed E-state index contributed by atoms with van der Waals surface area (Å²) in [5.41, 5.74) is 6.90. The van der Waals surface area contributed by atoms with Gasteiger partial charge in [-0.25, -0.2) is 0 Å². The fraction of sp³-hybridized carbons (Fsp3) is 0.0500. The number of hydrogen-bond acceptors (Lipinski definition) is 2. The second kappa shape index (κ2) is 6.56. The molecule has 1 aromatic heterocycles. The van der Waals surface area contributed by atoms with Crippen LogP contribution in [0.2, 0.25) is 0 Å². The van der Waals surface area contributed by atoms with Crippen LogP contribution in [0.4, 0.5) is 5.69 Å². The minimum absolute atomic E-state index is 0.0645. The summed E-state index contributed by atoms with van der Waals surface area (Å²) in [5, 5.41) is 7.13. The average Bonchev–Trinajstić information content (AvgIpc) is 3.21. The van der Waals surface area contributed by atoms with Crippen molar-refractivity contribution in [3.8, 4) is 11.1 Å². The van der Waals surface area contributed by atoms with Crippen molar-refractivity contribution in [2.45, 2.75) is 6.92 Å². The van der Waals surface area contributed by atoms with E-state index in [4.69, 9.17) is 0 Å². The first kappa shape index (κ1) is 16.8. The zero-order chi connectivity index (χ0) is 17.6. The van der Waals surface area contributed by atoms with E-state index < -0.39 is 0 Å². The van der Waals surface area contributed by atoms with Crippen molar-refractivity contribution in [2.75, 3.05) is 5.32 Å². The van der Waals surface area contributed by atoms with Crippen molar-refractivity contribution in [2.24, 2.45) is 0 Å². The van der Waals surface area contributed by atoms with E-state index in [1.54, 1.807) is 11.3 Å². The monoisotopic (exact) mass is 473 g/mol. The van der Waals surface area contributed by atoms with Crippen molar-refractivity contribution >= 4 is 66.4 Å². The van der Waals surface area contributed by atoms with E-state index in [-0.39, 0.29) is 5.91 Å². The number of halogens is 2. The van der Waals surface area contributed by atoms with Gasteiger partial charge in [-0.15, -0.1) is 0 Å². The highest BCUT2D eigenvalue weighted by molar-refractivity contribution is 9.11. The van der Waals surface area contributed by atoms with E-state index in [9.17, 15) is 4.79 Å². The molecule has 5 heteroatoms. The van der Waals surface area contributed by atoms with Crippen LogP contribution < -0.4 is 5.32 Å². The van der Waals surface area contributed by atoms with Crippen LogP contribution in [0.25, 0.3) is 22.8 Å². The van der Waals surface area contributed by atoms with E-state index in [0.29, 0.717) is 5.57 Å². The van der Waals surface area contributed by atoms with Gasteiger partial charge in [-0.3, -0.25) is 4.79 Å². The Bertz CT molecular complexity index is 999. The van der Waals surface area contributed by atoms with E-state index >= 15 is 0 Å². The third-order valence-corrected chi connectivity index (χ3v) is 6.60. The first-order chi connectivity index (χ1) is 12.0. The van der Waals surface area contributed by atoms with Crippen molar-refractivity contribution < 1.29 is 4.79 Å². The molecule has 2 nitrogen and oxygen atoms in total. The van der Waals surface area contributed by atoms with Crippen molar-refractivity contribution in [3.63, 3.8) is 0 Å². The maximum atomic E-state index is 12.5. The van der Waals surface area contributed by atoms with Crippen LogP contribution in [-0.2, 0) is 4.79 Å². The van der Waals surface area contributed by atoms with Gasteiger partial charge in [0.1, 0.15) is 0 Å². The maximum absolute atomic E-state index is 12.5. The SMILES string of the molecule is Cc1c(Br)cc(/C=C2\C(=O)Nc3ccc(-c4ccsc4)cc32)cc1Br. The quantitative estimate of drug-likeness (QED) is 0.409. The topological polar surface area (TPSA) is 29.1 Å². The van der Waals surface area contributed by atoms with Crippen LogP contribution in [0.5, 0.6) is 0 Å². The summed E-state index contributed by atoms with van der Waals surface area (Å²) >= 11 is 8.81. The molecule has 2 heterocycles. The molecule has 25 heavy (non-hydrogen) atoms. The summed E-state index contributed by atoms with van der Waals surface area (Å²) in [7, 11) is 0. The molecule has 2 aromatic carbocycles. The highest BCUT2D eigenvalue weighted by atomic mass is 79.9. The highest BCUT2D eigenvalue weighted by Crippen LogP contribution is 2.37. The van der Waals surface area contributed by atoms with Gasteiger partial charge in [-0.05, 0) is 76.3 Å². The molecule has 1 N–H and O–H groups in total. The summed E-state index contributed by atoms with van der Waals surface area (Å²) in [5.74, 6) is -0.0645. The summed E-state index contributed by atoms with van der Waals surface area (Å²) in [6.45, 7) is 2.04. The fourth-order valence-corrected chi connectivity index (χ4v) is 4.74. The number of nitrogens with one attached hydrogen (secondary N) is 1. The van der Waals surface area contributed by atoms with E-state index in [0.717, 1.165) is 36.9 Å². The Balaban J connectivity index is 1.82. The van der Waals surface area contributed by atoms with Crippen LogP contribution in [-0.4, -0.2) is 5.91 Å². The molecule has 0 saturated carbocycles. The summed E-state index contributed by atoms with van der Waals surface area (Å²) in [6.07, 6.45) is 1.94. The van der Waals surface area contributed by atoms with Gasteiger partial charge in [0.2, 0.25) is 0 Å². The molecule has 0 aliphatic carbocycles. The third-order valence-electron chi connectivity index (χ3n) is 4.27. The van der Waals surface area contributed by atoms with Crippen LogP contribution in [0.15, 0.2) is 56.1 Å². The molecule has 0 radical (unpaired) electrons. The molecule has 0 bridgehead atoms. The molecule has 0 spiro atoms. The Kier molecular flexibility index (Phi) is 4.40. The predicted octanol–water partition coefficient (Wildman–Crippen LogP) is 6.74. The lowest BCUT2D eigenvalue weighted by Crippen LogP contribution is -2.03.